The Morgan fingerprint density at radius 3 is 2.23 bits per heavy atom. The number of thiocarbonyl (C=S) groups is 1. The van der Waals surface area contributed by atoms with Gasteiger partial charge >= 0.3 is 0 Å². The number of piperazine rings is 1. The Bertz CT molecular complexity index is 996. The number of hydrogen-bond donors (Lipinski definition) is 1. The van der Waals surface area contributed by atoms with Crippen LogP contribution in [0.4, 0.5) is 5.69 Å². The first-order chi connectivity index (χ1) is 14.2. The average Bonchev–Trinajstić information content (AvgIpc) is 2.75. The molecule has 1 aliphatic rings. The quantitative estimate of drug-likeness (QED) is 0.686. The third-order valence-electron chi connectivity index (χ3n) is 5.99. The van der Waals surface area contributed by atoms with Crippen molar-refractivity contribution in [1.29, 1.82) is 0 Å². The minimum atomic E-state index is -3.48. The molecule has 0 radical (unpaired) electrons. The molecule has 30 heavy (non-hydrogen) atoms. The van der Waals surface area contributed by atoms with E-state index in [0.29, 0.717) is 42.1 Å². The van der Waals surface area contributed by atoms with E-state index in [9.17, 15) is 8.42 Å². The summed E-state index contributed by atoms with van der Waals surface area (Å²) in [6.07, 6.45) is 1.11. The topological polar surface area (TPSA) is 52.6 Å². The van der Waals surface area contributed by atoms with E-state index in [4.69, 9.17) is 12.2 Å². The number of nitrogens with zero attached hydrogens (tertiary/aromatic N) is 2. The minimum absolute atomic E-state index is 0.362. The van der Waals surface area contributed by atoms with Gasteiger partial charge in [-0.2, -0.15) is 4.31 Å². The third-order valence-corrected chi connectivity index (χ3v) is 8.24. The number of hydrogen-bond acceptors (Lipinski definition) is 3. The van der Waals surface area contributed by atoms with Crippen LogP contribution in [0.2, 0.25) is 0 Å². The summed E-state index contributed by atoms with van der Waals surface area (Å²) in [5, 5.41) is 3.92. The molecule has 0 amide bonds. The molecular formula is C23H31N3O2S2. The standard InChI is InChI=1S/C23H31N3O2S2/c1-5-17(2)20-7-9-21(10-8-20)24-23(29)25-12-14-26(15-13-25)30(27,28)22-11-6-18(3)19(4)16-22/h6-11,16-17H,5,12-15H2,1-4H3,(H,24,29)/t17-/m0/s1. The van der Waals surface area contributed by atoms with Crippen molar-refractivity contribution in [1.82, 2.24) is 9.21 Å². The van der Waals surface area contributed by atoms with E-state index in [2.05, 4.69) is 31.3 Å². The zero-order valence-corrected chi connectivity index (χ0v) is 19.8. The Morgan fingerprint density at radius 2 is 1.67 bits per heavy atom. The van der Waals surface area contributed by atoms with Crippen molar-refractivity contribution in [3.05, 3.63) is 59.2 Å². The van der Waals surface area contributed by atoms with Crippen LogP contribution in [0.15, 0.2) is 47.4 Å². The molecule has 1 saturated heterocycles. The summed E-state index contributed by atoms with van der Waals surface area (Å²) in [6, 6.07) is 13.7. The molecule has 2 aromatic carbocycles. The summed E-state index contributed by atoms with van der Waals surface area (Å²) in [5.41, 5.74) is 4.35. The number of sulfonamides is 1. The van der Waals surface area contributed by atoms with Gasteiger partial charge in [0.25, 0.3) is 0 Å². The van der Waals surface area contributed by atoms with E-state index in [-0.39, 0.29) is 0 Å². The van der Waals surface area contributed by atoms with Gasteiger partial charge in [0.15, 0.2) is 5.11 Å². The lowest BCUT2D eigenvalue weighted by atomic mass is 9.99. The van der Waals surface area contributed by atoms with Gasteiger partial charge in [0.05, 0.1) is 4.90 Å². The normalized spacial score (nSPS) is 16.3. The van der Waals surface area contributed by atoms with Gasteiger partial charge in [0, 0.05) is 31.9 Å². The molecule has 7 heteroatoms. The van der Waals surface area contributed by atoms with Gasteiger partial charge in [-0.3, -0.25) is 0 Å². The van der Waals surface area contributed by atoms with Gasteiger partial charge in [-0.05, 0) is 79.4 Å². The van der Waals surface area contributed by atoms with Crippen molar-refractivity contribution in [3.8, 4) is 0 Å². The lowest BCUT2D eigenvalue weighted by Gasteiger charge is -2.35. The van der Waals surface area contributed by atoms with E-state index in [1.54, 1.807) is 16.4 Å². The highest BCUT2D eigenvalue weighted by molar-refractivity contribution is 7.89. The summed E-state index contributed by atoms with van der Waals surface area (Å²) in [6.45, 7) is 10.3. The molecule has 2 aromatic rings. The first-order valence-corrected chi connectivity index (χ1v) is 12.3. The van der Waals surface area contributed by atoms with E-state index in [1.165, 1.54) is 5.56 Å². The van der Waals surface area contributed by atoms with Gasteiger partial charge in [-0.1, -0.05) is 32.0 Å². The molecule has 0 bridgehead atoms. The van der Waals surface area contributed by atoms with E-state index < -0.39 is 10.0 Å². The maximum Gasteiger partial charge on any atom is 0.243 e. The highest BCUT2D eigenvalue weighted by Gasteiger charge is 2.29. The van der Waals surface area contributed by atoms with E-state index >= 15 is 0 Å². The Hall–Kier alpha value is -1.96. The highest BCUT2D eigenvalue weighted by Crippen LogP contribution is 2.22. The van der Waals surface area contributed by atoms with Crippen LogP contribution in [-0.4, -0.2) is 48.9 Å². The third kappa shape index (κ3) is 5.02. The molecule has 0 unspecified atom stereocenters. The van der Waals surface area contributed by atoms with Gasteiger partial charge in [0.2, 0.25) is 10.0 Å². The fourth-order valence-corrected chi connectivity index (χ4v) is 5.30. The second kappa shape index (κ2) is 9.45. The molecule has 0 saturated carbocycles. The Kier molecular flexibility index (Phi) is 7.16. The molecule has 1 N–H and O–H groups in total. The Balaban J connectivity index is 1.59. The number of aryl methyl sites for hydroxylation is 2. The molecule has 1 atom stereocenters. The highest BCUT2D eigenvalue weighted by atomic mass is 32.2. The molecule has 5 nitrogen and oxygen atoms in total. The summed E-state index contributed by atoms with van der Waals surface area (Å²) < 4.78 is 27.5. The van der Waals surface area contributed by atoms with Crippen molar-refractivity contribution in [3.63, 3.8) is 0 Å². The molecule has 1 heterocycles. The van der Waals surface area contributed by atoms with Crippen molar-refractivity contribution >= 4 is 33.0 Å². The molecule has 0 aromatic heterocycles. The molecule has 1 fully saturated rings. The maximum atomic E-state index is 13.0. The van der Waals surface area contributed by atoms with Gasteiger partial charge in [-0.15, -0.1) is 0 Å². The SMILES string of the molecule is CC[C@H](C)c1ccc(NC(=S)N2CCN(S(=O)(=O)c3ccc(C)c(C)c3)CC2)cc1. The maximum absolute atomic E-state index is 13.0. The van der Waals surface area contributed by atoms with Crippen LogP contribution in [0.3, 0.4) is 0 Å². The predicted octanol–water partition coefficient (Wildman–Crippen LogP) is 4.52. The molecule has 0 spiro atoms. The van der Waals surface area contributed by atoms with Gasteiger partial charge < -0.3 is 10.2 Å². The predicted molar refractivity (Wildman–Crippen MR) is 128 cm³/mol. The lowest BCUT2D eigenvalue weighted by molar-refractivity contribution is 0.268. The van der Waals surface area contributed by atoms with Crippen molar-refractivity contribution < 1.29 is 8.42 Å². The van der Waals surface area contributed by atoms with Gasteiger partial charge in [-0.25, -0.2) is 8.42 Å². The minimum Gasteiger partial charge on any atom is -0.346 e. The molecule has 1 aliphatic heterocycles. The fourth-order valence-electron chi connectivity index (χ4n) is 3.49. The summed E-state index contributed by atoms with van der Waals surface area (Å²) in [7, 11) is -3.48. The van der Waals surface area contributed by atoms with Crippen molar-refractivity contribution in [2.45, 2.75) is 44.9 Å². The first kappa shape index (κ1) is 22.7. The largest absolute Gasteiger partial charge is 0.346 e. The second-order valence-electron chi connectivity index (χ2n) is 8.00. The summed E-state index contributed by atoms with van der Waals surface area (Å²) in [4.78, 5) is 2.39. The second-order valence-corrected chi connectivity index (χ2v) is 10.3. The Labute approximate surface area is 186 Å². The number of rotatable bonds is 5. The molecular weight excluding hydrogens is 414 g/mol. The molecule has 0 aliphatic carbocycles. The fraction of sp³-hybridized carbons (Fsp3) is 0.435. The number of anilines is 1. The van der Waals surface area contributed by atoms with Crippen molar-refractivity contribution in [2.75, 3.05) is 31.5 Å². The van der Waals surface area contributed by atoms with Crippen LogP contribution >= 0.6 is 12.2 Å². The van der Waals surface area contributed by atoms with Crippen LogP contribution in [0.25, 0.3) is 0 Å². The van der Waals surface area contributed by atoms with Crippen LogP contribution in [-0.2, 0) is 10.0 Å². The van der Waals surface area contributed by atoms with Crippen LogP contribution in [0.5, 0.6) is 0 Å². The zero-order chi connectivity index (χ0) is 21.9. The zero-order valence-electron chi connectivity index (χ0n) is 18.2. The molecule has 3 rings (SSSR count). The summed E-state index contributed by atoms with van der Waals surface area (Å²) >= 11 is 5.57. The van der Waals surface area contributed by atoms with Crippen molar-refractivity contribution in [2.24, 2.45) is 0 Å². The molecule has 162 valence electrons. The first-order valence-electron chi connectivity index (χ1n) is 10.5. The van der Waals surface area contributed by atoms with E-state index in [1.807, 2.05) is 36.9 Å². The van der Waals surface area contributed by atoms with Crippen LogP contribution in [0.1, 0.15) is 42.9 Å². The number of nitrogens with one attached hydrogen (secondary N) is 1. The summed E-state index contributed by atoms with van der Waals surface area (Å²) in [5.74, 6) is 0.540. The lowest BCUT2D eigenvalue weighted by Crippen LogP contribution is -2.51. The van der Waals surface area contributed by atoms with E-state index in [0.717, 1.165) is 23.2 Å². The smallest absolute Gasteiger partial charge is 0.243 e. The van der Waals surface area contributed by atoms with Crippen LogP contribution in [0, 0.1) is 13.8 Å². The number of benzene rings is 2. The monoisotopic (exact) mass is 445 g/mol. The Morgan fingerprint density at radius 1 is 1.03 bits per heavy atom. The van der Waals surface area contributed by atoms with Gasteiger partial charge in [0.1, 0.15) is 0 Å². The van der Waals surface area contributed by atoms with Crippen LogP contribution < -0.4 is 5.32 Å². The average molecular weight is 446 g/mol.